The highest BCUT2D eigenvalue weighted by atomic mass is 15.0. The minimum Gasteiger partial charge on any atom is -0.312 e. The monoisotopic (exact) mass is 184 g/mol. The molecule has 0 radical (unpaired) electrons. The fourth-order valence-corrected chi connectivity index (χ4v) is 2.07. The maximum atomic E-state index is 3.64. The van der Waals surface area contributed by atoms with Gasteiger partial charge in [-0.2, -0.15) is 0 Å². The van der Waals surface area contributed by atoms with E-state index in [4.69, 9.17) is 0 Å². The van der Waals surface area contributed by atoms with Crippen LogP contribution in [0.25, 0.3) is 0 Å². The molecule has 0 unspecified atom stereocenters. The Kier molecular flexibility index (Phi) is 4.20. The quantitative estimate of drug-likeness (QED) is 0.682. The van der Waals surface area contributed by atoms with Gasteiger partial charge in [0, 0.05) is 18.1 Å². The van der Waals surface area contributed by atoms with Gasteiger partial charge in [0.1, 0.15) is 0 Å². The number of nitrogens with one attached hydrogen (secondary N) is 2. The van der Waals surface area contributed by atoms with Gasteiger partial charge >= 0.3 is 0 Å². The largest absolute Gasteiger partial charge is 0.312 e. The zero-order chi connectivity index (χ0) is 9.73. The predicted octanol–water partition coefficient (Wildman–Crippen LogP) is 1.91. The summed E-state index contributed by atoms with van der Waals surface area (Å²) in [4.78, 5) is 0. The second-order valence-electron chi connectivity index (χ2n) is 4.78. The molecule has 1 fully saturated rings. The van der Waals surface area contributed by atoms with Crippen molar-refractivity contribution in [1.82, 2.24) is 10.6 Å². The molecular weight excluding hydrogens is 160 g/mol. The van der Waals surface area contributed by atoms with Crippen molar-refractivity contribution in [3.63, 3.8) is 0 Å². The Bertz CT molecular complexity index is 137. The SMILES string of the molecule is CCNC(C)(C)CNC1CCCC1. The fraction of sp³-hybridized carbons (Fsp3) is 1.00. The van der Waals surface area contributed by atoms with Crippen molar-refractivity contribution in [2.45, 2.75) is 58.0 Å². The van der Waals surface area contributed by atoms with E-state index >= 15 is 0 Å². The highest BCUT2D eigenvalue weighted by Crippen LogP contribution is 2.17. The van der Waals surface area contributed by atoms with E-state index in [1.165, 1.54) is 25.7 Å². The van der Waals surface area contributed by atoms with Crippen LogP contribution in [0.5, 0.6) is 0 Å². The molecule has 13 heavy (non-hydrogen) atoms. The molecule has 0 aromatic heterocycles. The van der Waals surface area contributed by atoms with Crippen LogP contribution in [0.4, 0.5) is 0 Å². The molecule has 78 valence electrons. The lowest BCUT2D eigenvalue weighted by Crippen LogP contribution is -2.49. The van der Waals surface area contributed by atoms with Crippen molar-refractivity contribution >= 4 is 0 Å². The van der Waals surface area contributed by atoms with E-state index in [9.17, 15) is 0 Å². The van der Waals surface area contributed by atoms with Gasteiger partial charge in [0.05, 0.1) is 0 Å². The first-order chi connectivity index (χ1) is 6.14. The van der Waals surface area contributed by atoms with E-state index < -0.39 is 0 Å². The van der Waals surface area contributed by atoms with Gasteiger partial charge < -0.3 is 10.6 Å². The Morgan fingerprint density at radius 2 is 1.85 bits per heavy atom. The van der Waals surface area contributed by atoms with Crippen LogP contribution in [0.2, 0.25) is 0 Å². The molecule has 2 N–H and O–H groups in total. The van der Waals surface area contributed by atoms with Gasteiger partial charge in [-0.05, 0) is 33.2 Å². The van der Waals surface area contributed by atoms with Crippen LogP contribution in [0.3, 0.4) is 0 Å². The first-order valence-electron chi connectivity index (χ1n) is 5.62. The molecule has 2 nitrogen and oxygen atoms in total. The molecule has 0 amide bonds. The molecule has 1 rings (SSSR count). The van der Waals surface area contributed by atoms with Crippen molar-refractivity contribution in [2.75, 3.05) is 13.1 Å². The van der Waals surface area contributed by atoms with Crippen molar-refractivity contribution in [3.05, 3.63) is 0 Å². The van der Waals surface area contributed by atoms with E-state index in [0.717, 1.165) is 19.1 Å². The van der Waals surface area contributed by atoms with E-state index in [1.54, 1.807) is 0 Å². The summed E-state index contributed by atoms with van der Waals surface area (Å²) in [5, 5.41) is 7.13. The van der Waals surface area contributed by atoms with Gasteiger partial charge in [-0.3, -0.25) is 0 Å². The normalized spacial score (nSPS) is 19.6. The number of hydrogen-bond acceptors (Lipinski definition) is 2. The smallest absolute Gasteiger partial charge is 0.0249 e. The van der Waals surface area contributed by atoms with Gasteiger partial charge in [0.2, 0.25) is 0 Å². The number of rotatable bonds is 5. The topological polar surface area (TPSA) is 24.1 Å². The molecule has 0 aliphatic heterocycles. The minimum absolute atomic E-state index is 0.247. The molecule has 0 spiro atoms. The molecule has 1 aliphatic carbocycles. The molecule has 0 aromatic rings. The van der Waals surface area contributed by atoms with Crippen LogP contribution in [-0.2, 0) is 0 Å². The second kappa shape index (κ2) is 4.97. The summed E-state index contributed by atoms with van der Waals surface area (Å²) in [6.45, 7) is 8.83. The maximum Gasteiger partial charge on any atom is 0.0249 e. The third kappa shape index (κ3) is 4.10. The van der Waals surface area contributed by atoms with Crippen molar-refractivity contribution in [2.24, 2.45) is 0 Å². The first-order valence-corrected chi connectivity index (χ1v) is 5.62. The summed E-state index contributed by atoms with van der Waals surface area (Å²) in [5.41, 5.74) is 0.247. The highest BCUT2D eigenvalue weighted by molar-refractivity contribution is 4.83. The van der Waals surface area contributed by atoms with E-state index in [-0.39, 0.29) is 5.54 Å². The number of likely N-dealkylation sites (N-methyl/N-ethyl adjacent to an activating group) is 1. The Hall–Kier alpha value is -0.0800. The molecule has 0 atom stereocenters. The van der Waals surface area contributed by atoms with E-state index in [1.807, 2.05) is 0 Å². The Labute approximate surface area is 82.5 Å². The van der Waals surface area contributed by atoms with Crippen LogP contribution < -0.4 is 10.6 Å². The lowest BCUT2D eigenvalue weighted by Gasteiger charge is -2.28. The zero-order valence-corrected chi connectivity index (χ0v) is 9.32. The van der Waals surface area contributed by atoms with Crippen LogP contribution >= 0.6 is 0 Å². The lowest BCUT2D eigenvalue weighted by molar-refractivity contribution is 0.350. The summed E-state index contributed by atoms with van der Waals surface area (Å²) in [6, 6.07) is 0.790. The predicted molar refractivity (Wildman–Crippen MR) is 58.0 cm³/mol. The van der Waals surface area contributed by atoms with Gasteiger partial charge in [-0.1, -0.05) is 19.8 Å². The van der Waals surface area contributed by atoms with Crippen molar-refractivity contribution < 1.29 is 0 Å². The molecule has 2 heteroatoms. The Morgan fingerprint density at radius 3 is 2.38 bits per heavy atom. The summed E-state index contributed by atoms with van der Waals surface area (Å²) in [7, 11) is 0. The minimum atomic E-state index is 0.247. The Morgan fingerprint density at radius 1 is 1.23 bits per heavy atom. The number of hydrogen-bond donors (Lipinski definition) is 2. The van der Waals surface area contributed by atoms with Gasteiger partial charge in [-0.15, -0.1) is 0 Å². The summed E-state index contributed by atoms with van der Waals surface area (Å²) >= 11 is 0. The highest BCUT2D eigenvalue weighted by Gasteiger charge is 2.19. The van der Waals surface area contributed by atoms with Crippen molar-refractivity contribution in [1.29, 1.82) is 0 Å². The van der Waals surface area contributed by atoms with Crippen LogP contribution in [0.1, 0.15) is 46.5 Å². The summed E-state index contributed by atoms with van der Waals surface area (Å²) in [6.07, 6.45) is 5.59. The molecule has 1 saturated carbocycles. The molecule has 0 bridgehead atoms. The average Bonchev–Trinajstić information content (AvgIpc) is 2.52. The van der Waals surface area contributed by atoms with Gasteiger partial charge in [0.25, 0.3) is 0 Å². The van der Waals surface area contributed by atoms with Crippen molar-refractivity contribution in [3.8, 4) is 0 Å². The fourth-order valence-electron chi connectivity index (χ4n) is 2.07. The molecule has 0 aromatic carbocycles. The average molecular weight is 184 g/mol. The van der Waals surface area contributed by atoms with E-state index in [0.29, 0.717) is 0 Å². The molecule has 1 aliphatic rings. The molecule has 0 heterocycles. The van der Waals surface area contributed by atoms with Crippen LogP contribution in [0.15, 0.2) is 0 Å². The standard InChI is InChI=1S/C11H24N2/c1-4-13-11(2,3)9-12-10-7-5-6-8-10/h10,12-13H,4-9H2,1-3H3. The van der Waals surface area contributed by atoms with Crippen LogP contribution in [-0.4, -0.2) is 24.7 Å². The third-order valence-corrected chi connectivity index (χ3v) is 2.84. The lowest BCUT2D eigenvalue weighted by atomic mass is 10.1. The molecule has 0 saturated heterocycles. The van der Waals surface area contributed by atoms with Gasteiger partial charge in [0.15, 0.2) is 0 Å². The first kappa shape index (κ1) is 11.0. The third-order valence-electron chi connectivity index (χ3n) is 2.84. The summed E-state index contributed by atoms with van der Waals surface area (Å²) < 4.78 is 0. The second-order valence-corrected chi connectivity index (χ2v) is 4.78. The zero-order valence-electron chi connectivity index (χ0n) is 9.32. The maximum absolute atomic E-state index is 3.64. The van der Waals surface area contributed by atoms with E-state index in [2.05, 4.69) is 31.4 Å². The van der Waals surface area contributed by atoms with Gasteiger partial charge in [-0.25, -0.2) is 0 Å². The Balaban J connectivity index is 2.15. The molecular formula is C11H24N2. The summed E-state index contributed by atoms with van der Waals surface area (Å²) in [5.74, 6) is 0. The van der Waals surface area contributed by atoms with Crippen LogP contribution in [0, 0.1) is 0 Å².